The number of amides is 1. The van der Waals surface area contributed by atoms with Crippen LogP contribution >= 0.6 is 0 Å². The lowest BCUT2D eigenvalue weighted by Gasteiger charge is -2.21. The van der Waals surface area contributed by atoms with Gasteiger partial charge in [0.05, 0.1) is 19.3 Å². The van der Waals surface area contributed by atoms with Crippen LogP contribution in [0.25, 0.3) is 6.08 Å². The van der Waals surface area contributed by atoms with Crippen molar-refractivity contribution in [1.82, 2.24) is 4.90 Å². The van der Waals surface area contributed by atoms with Gasteiger partial charge >= 0.3 is 0 Å². The summed E-state index contributed by atoms with van der Waals surface area (Å²) in [7, 11) is 1.68. The van der Waals surface area contributed by atoms with Crippen molar-refractivity contribution in [3.63, 3.8) is 0 Å². The van der Waals surface area contributed by atoms with Gasteiger partial charge in [-0.25, -0.2) is 0 Å². The maximum Gasteiger partial charge on any atom is 0.246 e. The van der Waals surface area contributed by atoms with Gasteiger partial charge in [0.15, 0.2) is 0 Å². The van der Waals surface area contributed by atoms with E-state index in [1.807, 2.05) is 18.2 Å². The number of benzene rings is 1. The van der Waals surface area contributed by atoms with Gasteiger partial charge in [0.1, 0.15) is 5.75 Å². The number of fused-ring (bicyclic) bond motifs is 1. The number of carbonyl (C=O) groups excluding carboxylic acids is 1. The Morgan fingerprint density at radius 3 is 3.11 bits per heavy atom. The van der Waals surface area contributed by atoms with Gasteiger partial charge in [-0.15, -0.1) is 0 Å². The van der Waals surface area contributed by atoms with Crippen LogP contribution in [0.2, 0.25) is 0 Å². The molecule has 1 aromatic rings. The summed E-state index contributed by atoms with van der Waals surface area (Å²) in [4.78, 5) is 13.4. The number of rotatable bonds is 4. The van der Waals surface area contributed by atoms with Gasteiger partial charge in [-0.3, -0.25) is 4.79 Å². The highest BCUT2D eigenvalue weighted by Gasteiger charge is 2.13. The number of aliphatic hydroxyl groups excluding tert-OH is 1. The van der Waals surface area contributed by atoms with Crippen LogP contribution < -0.4 is 4.74 Å². The van der Waals surface area contributed by atoms with Gasteiger partial charge < -0.3 is 14.7 Å². The third kappa shape index (κ3) is 3.15. The van der Waals surface area contributed by atoms with Gasteiger partial charge in [0.2, 0.25) is 5.91 Å². The van der Waals surface area contributed by atoms with Gasteiger partial charge in [0.25, 0.3) is 0 Å². The van der Waals surface area contributed by atoms with E-state index in [-0.39, 0.29) is 18.6 Å². The normalized spacial score (nSPS) is 15.1. The molecule has 1 unspecified atom stereocenters. The highest BCUT2D eigenvalue weighted by molar-refractivity contribution is 5.91. The Morgan fingerprint density at radius 1 is 1.58 bits per heavy atom. The van der Waals surface area contributed by atoms with E-state index < -0.39 is 0 Å². The largest absolute Gasteiger partial charge is 0.493 e. The monoisotopic (exact) mass is 261 g/mol. The average molecular weight is 261 g/mol. The van der Waals surface area contributed by atoms with E-state index in [2.05, 4.69) is 0 Å². The molecular formula is C15H19NO3. The molecule has 4 heteroatoms. The minimum absolute atomic E-state index is 0.0355. The SMILES string of the molecule is CC(CO)N(C)C(=O)/C=C/c1ccc2c(c1)CCO2. The van der Waals surface area contributed by atoms with Crippen molar-refractivity contribution in [1.29, 1.82) is 0 Å². The Bertz CT molecular complexity index is 496. The second-order valence-corrected chi connectivity index (χ2v) is 4.78. The minimum atomic E-state index is -0.175. The second-order valence-electron chi connectivity index (χ2n) is 4.78. The maximum atomic E-state index is 11.9. The average Bonchev–Trinajstić information content (AvgIpc) is 2.90. The molecule has 2 rings (SSSR count). The van der Waals surface area contributed by atoms with E-state index in [0.717, 1.165) is 24.3 Å². The van der Waals surface area contributed by atoms with Crippen LogP contribution in [0.5, 0.6) is 5.75 Å². The van der Waals surface area contributed by atoms with Crippen LogP contribution in [0.1, 0.15) is 18.1 Å². The summed E-state index contributed by atoms with van der Waals surface area (Å²) in [5, 5.41) is 9.01. The van der Waals surface area contributed by atoms with Crippen molar-refractivity contribution in [3.8, 4) is 5.75 Å². The molecule has 0 radical (unpaired) electrons. The summed E-state index contributed by atoms with van der Waals surface area (Å²) in [5.41, 5.74) is 2.18. The van der Waals surface area contributed by atoms with Crippen LogP contribution in [0.15, 0.2) is 24.3 Å². The molecule has 1 aliphatic heterocycles. The Morgan fingerprint density at radius 2 is 2.37 bits per heavy atom. The third-order valence-corrected chi connectivity index (χ3v) is 3.40. The lowest BCUT2D eigenvalue weighted by Crippen LogP contribution is -2.36. The lowest BCUT2D eigenvalue weighted by molar-refractivity contribution is -0.127. The second kappa shape index (κ2) is 5.89. The van der Waals surface area contributed by atoms with E-state index in [1.54, 1.807) is 20.0 Å². The van der Waals surface area contributed by atoms with Gasteiger partial charge in [-0.1, -0.05) is 6.07 Å². The molecule has 0 saturated carbocycles. The molecule has 0 aliphatic carbocycles. The van der Waals surface area contributed by atoms with Gasteiger partial charge in [-0.05, 0) is 36.3 Å². The number of hydrogen-bond donors (Lipinski definition) is 1. The number of hydrogen-bond acceptors (Lipinski definition) is 3. The number of carbonyl (C=O) groups is 1. The van der Waals surface area contributed by atoms with Crippen LogP contribution in [0.3, 0.4) is 0 Å². The zero-order valence-corrected chi connectivity index (χ0v) is 11.3. The smallest absolute Gasteiger partial charge is 0.246 e. The fourth-order valence-corrected chi connectivity index (χ4v) is 1.93. The topological polar surface area (TPSA) is 49.8 Å². The summed E-state index contributed by atoms with van der Waals surface area (Å²) in [6.07, 6.45) is 4.25. The van der Waals surface area contributed by atoms with Gasteiger partial charge in [0, 0.05) is 19.5 Å². The fourth-order valence-electron chi connectivity index (χ4n) is 1.93. The zero-order chi connectivity index (χ0) is 13.8. The first-order chi connectivity index (χ1) is 9.11. The maximum absolute atomic E-state index is 11.9. The number of likely N-dealkylation sites (N-methyl/N-ethyl adjacent to an activating group) is 1. The van der Waals surface area contributed by atoms with E-state index in [9.17, 15) is 4.79 Å². The highest BCUT2D eigenvalue weighted by Crippen LogP contribution is 2.26. The van der Waals surface area contributed by atoms with E-state index >= 15 is 0 Å². The number of aliphatic hydroxyl groups is 1. The molecule has 1 amide bonds. The molecular weight excluding hydrogens is 242 g/mol. The van der Waals surface area contributed by atoms with Crippen LogP contribution in [0, 0.1) is 0 Å². The van der Waals surface area contributed by atoms with Gasteiger partial charge in [-0.2, -0.15) is 0 Å². The molecule has 0 aromatic heterocycles. The predicted octanol–water partition coefficient (Wildman–Crippen LogP) is 1.47. The summed E-state index contributed by atoms with van der Waals surface area (Å²) >= 11 is 0. The standard InChI is InChI=1S/C15H19NO3/c1-11(10-17)16(2)15(18)6-4-12-3-5-14-13(9-12)7-8-19-14/h3-6,9,11,17H,7-8,10H2,1-2H3/b6-4+. The Hall–Kier alpha value is -1.81. The summed E-state index contributed by atoms with van der Waals surface area (Å²) < 4.78 is 5.44. The molecule has 0 fully saturated rings. The first kappa shape index (κ1) is 13.6. The lowest BCUT2D eigenvalue weighted by atomic mass is 10.1. The zero-order valence-electron chi connectivity index (χ0n) is 11.3. The number of ether oxygens (including phenoxy) is 1. The molecule has 0 spiro atoms. The van der Waals surface area contributed by atoms with E-state index in [1.165, 1.54) is 16.5 Å². The van der Waals surface area contributed by atoms with Crippen LogP contribution in [-0.2, 0) is 11.2 Å². The predicted molar refractivity (Wildman–Crippen MR) is 74.0 cm³/mol. The van der Waals surface area contributed by atoms with Crippen molar-refractivity contribution >= 4 is 12.0 Å². The van der Waals surface area contributed by atoms with Crippen molar-refractivity contribution in [2.45, 2.75) is 19.4 Å². The molecule has 1 aliphatic rings. The highest BCUT2D eigenvalue weighted by atomic mass is 16.5. The van der Waals surface area contributed by atoms with Crippen LogP contribution in [-0.4, -0.2) is 42.2 Å². The third-order valence-electron chi connectivity index (χ3n) is 3.40. The molecule has 1 atom stereocenters. The van der Waals surface area contributed by atoms with E-state index in [0.29, 0.717) is 0 Å². The summed E-state index contributed by atoms with van der Waals surface area (Å²) in [5.74, 6) is 0.827. The van der Waals surface area contributed by atoms with Crippen molar-refractivity contribution in [2.24, 2.45) is 0 Å². The number of nitrogens with zero attached hydrogens (tertiary/aromatic N) is 1. The minimum Gasteiger partial charge on any atom is -0.493 e. The van der Waals surface area contributed by atoms with Crippen LogP contribution in [0.4, 0.5) is 0 Å². The summed E-state index contributed by atoms with van der Waals surface area (Å²) in [6.45, 7) is 2.50. The molecule has 0 bridgehead atoms. The van der Waals surface area contributed by atoms with Crippen molar-refractivity contribution < 1.29 is 14.6 Å². The van der Waals surface area contributed by atoms with E-state index in [4.69, 9.17) is 9.84 Å². The molecule has 102 valence electrons. The Labute approximate surface area is 113 Å². The Balaban J connectivity index is 2.04. The first-order valence-electron chi connectivity index (χ1n) is 6.43. The Kier molecular flexibility index (Phi) is 4.22. The van der Waals surface area contributed by atoms with Crippen molar-refractivity contribution in [3.05, 3.63) is 35.4 Å². The van der Waals surface area contributed by atoms with Crippen molar-refractivity contribution in [2.75, 3.05) is 20.3 Å². The molecule has 1 heterocycles. The fraction of sp³-hybridized carbons (Fsp3) is 0.400. The molecule has 1 aromatic carbocycles. The molecule has 19 heavy (non-hydrogen) atoms. The quantitative estimate of drug-likeness (QED) is 0.835. The summed E-state index contributed by atoms with van der Waals surface area (Å²) in [6, 6.07) is 5.74. The molecule has 1 N–H and O–H groups in total. The molecule has 0 saturated heterocycles. The molecule has 4 nitrogen and oxygen atoms in total. The first-order valence-corrected chi connectivity index (χ1v) is 6.43.